The molecule has 1 aliphatic rings. The van der Waals surface area contributed by atoms with Crippen molar-refractivity contribution < 1.29 is 22.8 Å². The first-order chi connectivity index (χ1) is 16.8. The molecular formula is C25H25N3O5S2. The van der Waals surface area contributed by atoms with Gasteiger partial charge in [0.05, 0.1) is 9.77 Å². The van der Waals surface area contributed by atoms with E-state index >= 15 is 0 Å². The van der Waals surface area contributed by atoms with Gasteiger partial charge in [-0.3, -0.25) is 14.4 Å². The second kappa shape index (κ2) is 10.4. The molecular weight excluding hydrogens is 486 g/mol. The van der Waals surface area contributed by atoms with Crippen LogP contribution in [0.4, 0.5) is 0 Å². The molecule has 0 radical (unpaired) electrons. The van der Waals surface area contributed by atoms with E-state index < -0.39 is 27.0 Å². The van der Waals surface area contributed by atoms with Crippen molar-refractivity contribution in [3.8, 4) is 0 Å². The second-order valence-electron chi connectivity index (χ2n) is 8.17. The fourth-order valence-corrected chi connectivity index (χ4v) is 5.95. The molecule has 2 aromatic carbocycles. The number of nitrogens with zero attached hydrogens (tertiary/aromatic N) is 2. The normalized spacial score (nSPS) is 14.9. The van der Waals surface area contributed by atoms with Crippen LogP contribution >= 0.6 is 11.3 Å². The molecule has 4 rings (SSSR count). The van der Waals surface area contributed by atoms with Gasteiger partial charge in [-0.2, -0.15) is 0 Å². The zero-order valence-corrected chi connectivity index (χ0v) is 20.7. The maximum atomic E-state index is 13.5. The molecule has 0 bridgehead atoms. The van der Waals surface area contributed by atoms with Gasteiger partial charge in [0.15, 0.2) is 0 Å². The Morgan fingerprint density at radius 1 is 0.857 bits per heavy atom. The van der Waals surface area contributed by atoms with E-state index in [0.717, 1.165) is 5.56 Å². The number of carbonyl (C=O) groups excluding carboxylic acids is 3. The van der Waals surface area contributed by atoms with E-state index in [1.807, 2.05) is 12.3 Å². The quantitative estimate of drug-likeness (QED) is 0.548. The highest BCUT2D eigenvalue weighted by Gasteiger charge is 2.39. The molecule has 10 heteroatoms. The molecule has 1 saturated heterocycles. The van der Waals surface area contributed by atoms with Gasteiger partial charge < -0.3 is 15.1 Å². The van der Waals surface area contributed by atoms with Crippen molar-refractivity contribution in [1.29, 1.82) is 0 Å². The van der Waals surface area contributed by atoms with Gasteiger partial charge in [0.25, 0.3) is 17.7 Å². The highest BCUT2D eigenvalue weighted by molar-refractivity contribution is 7.92. The summed E-state index contributed by atoms with van der Waals surface area (Å²) in [6.07, 6.45) is 0. The van der Waals surface area contributed by atoms with Crippen molar-refractivity contribution in [3.05, 3.63) is 88.1 Å². The van der Waals surface area contributed by atoms with Crippen molar-refractivity contribution in [2.45, 2.75) is 17.2 Å². The lowest BCUT2D eigenvalue weighted by atomic mass is 10.1. The molecule has 1 aromatic heterocycles. The van der Waals surface area contributed by atoms with Crippen molar-refractivity contribution in [2.75, 3.05) is 26.2 Å². The van der Waals surface area contributed by atoms with E-state index in [0.29, 0.717) is 4.88 Å². The first kappa shape index (κ1) is 24.6. The van der Waals surface area contributed by atoms with Crippen LogP contribution in [-0.2, 0) is 14.6 Å². The van der Waals surface area contributed by atoms with E-state index in [4.69, 9.17) is 0 Å². The summed E-state index contributed by atoms with van der Waals surface area (Å²) in [6.45, 7) is 2.74. The Kier molecular flexibility index (Phi) is 7.32. The van der Waals surface area contributed by atoms with Gasteiger partial charge in [0, 0.05) is 31.7 Å². The number of aryl methyl sites for hydroxylation is 1. The molecule has 35 heavy (non-hydrogen) atoms. The Morgan fingerprint density at radius 2 is 1.49 bits per heavy atom. The van der Waals surface area contributed by atoms with Gasteiger partial charge in [0.1, 0.15) is 0 Å². The van der Waals surface area contributed by atoms with Crippen molar-refractivity contribution in [1.82, 2.24) is 15.1 Å². The molecule has 3 amide bonds. The fourth-order valence-electron chi connectivity index (χ4n) is 3.78. The minimum absolute atomic E-state index is 0.0611. The van der Waals surface area contributed by atoms with Crippen LogP contribution < -0.4 is 5.32 Å². The molecule has 182 valence electrons. The van der Waals surface area contributed by atoms with Gasteiger partial charge >= 0.3 is 0 Å². The van der Waals surface area contributed by atoms with Gasteiger partial charge in [-0.25, -0.2) is 8.42 Å². The van der Waals surface area contributed by atoms with Crippen LogP contribution in [0.1, 0.15) is 25.6 Å². The molecule has 2 heterocycles. The summed E-state index contributed by atoms with van der Waals surface area (Å²) < 4.78 is 26.9. The summed E-state index contributed by atoms with van der Waals surface area (Å²) in [7, 11) is -4.23. The molecule has 3 aromatic rings. The van der Waals surface area contributed by atoms with Crippen LogP contribution in [0.2, 0.25) is 0 Å². The van der Waals surface area contributed by atoms with Gasteiger partial charge in [-0.1, -0.05) is 42.0 Å². The van der Waals surface area contributed by atoms with E-state index in [2.05, 4.69) is 5.32 Å². The van der Waals surface area contributed by atoms with Crippen molar-refractivity contribution in [2.24, 2.45) is 0 Å². The third-order valence-electron chi connectivity index (χ3n) is 5.79. The van der Waals surface area contributed by atoms with E-state index in [1.165, 1.54) is 28.4 Å². The summed E-state index contributed by atoms with van der Waals surface area (Å²) in [5.74, 6) is -1.50. The molecule has 1 aliphatic heterocycles. The Morgan fingerprint density at radius 3 is 2.09 bits per heavy atom. The third kappa shape index (κ3) is 5.44. The molecule has 0 spiro atoms. The lowest BCUT2D eigenvalue weighted by Crippen LogP contribution is -2.57. The van der Waals surface area contributed by atoms with Crippen LogP contribution in [0.15, 0.2) is 77.0 Å². The minimum Gasteiger partial charge on any atom is -0.336 e. The smallest absolute Gasteiger partial charge is 0.264 e. The first-order valence-electron chi connectivity index (χ1n) is 11.1. The van der Waals surface area contributed by atoms with Crippen molar-refractivity contribution >= 4 is 38.9 Å². The molecule has 8 nitrogen and oxygen atoms in total. The van der Waals surface area contributed by atoms with Crippen molar-refractivity contribution in [3.63, 3.8) is 0 Å². The third-order valence-corrected chi connectivity index (χ3v) is 8.52. The highest BCUT2D eigenvalue weighted by atomic mass is 32.2. The predicted octanol–water partition coefficient (Wildman–Crippen LogP) is 2.57. The number of nitrogens with one attached hydrogen (secondary N) is 1. The van der Waals surface area contributed by atoms with Gasteiger partial charge in [-0.05, 0) is 42.6 Å². The first-order valence-corrected chi connectivity index (χ1v) is 13.5. The number of rotatable bonds is 6. The number of carbonyl (C=O) groups is 3. The Bertz CT molecular complexity index is 1300. The topological polar surface area (TPSA) is 104 Å². The van der Waals surface area contributed by atoms with Crippen LogP contribution in [0.3, 0.4) is 0 Å². The average molecular weight is 512 g/mol. The Labute approximate surface area is 208 Å². The number of sulfone groups is 1. The van der Waals surface area contributed by atoms with Crippen LogP contribution in [0.25, 0.3) is 0 Å². The SMILES string of the molecule is Cc1ccc(C(=O)NC(C(=O)N2CCN(C(=O)c3cccs3)CC2)S(=O)(=O)c2ccccc2)cc1. The summed E-state index contributed by atoms with van der Waals surface area (Å²) in [5.41, 5.74) is 1.20. The average Bonchev–Trinajstić information content (AvgIpc) is 3.42. The Balaban J connectivity index is 1.55. The largest absolute Gasteiger partial charge is 0.336 e. The monoisotopic (exact) mass is 511 g/mol. The molecule has 1 atom stereocenters. The number of benzene rings is 2. The summed E-state index contributed by atoms with van der Waals surface area (Å²) >= 11 is 1.34. The number of piperazine rings is 1. The van der Waals surface area contributed by atoms with Crippen LogP contribution in [-0.4, -0.2) is 67.5 Å². The molecule has 0 aliphatic carbocycles. The lowest BCUT2D eigenvalue weighted by molar-refractivity contribution is -0.132. The summed E-state index contributed by atoms with van der Waals surface area (Å²) in [5, 5.41) is 2.48. The van der Waals surface area contributed by atoms with E-state index in [-0.39, 0.29) is 42.5 Å². The van der Waals surface area contributed by atoms with Crippen LogP contribution in [0.5, 0.6) is 0 Å². The summed E-state index contributed by atoms with van der Waals surface area (Å²) in [4.78, 5) is 42.6. The zero-order valence-electron chi connectivity index (χ0n) is 19.1. The highest BCUT2D eigenvalue weighted by Crippen LogP contribution is 2.19. The molecule has 1 N–H and O–H groups in total. The number of thiophene rings is 1. The number of amides is 3. The molecule has 0 saturated carbocycles. The zero-order chi connectivity index (χ0) is 25.0. The van der Waals surface area contributed by atoms with E-state index in [1.54, 1.807) is 59.5 Å². The molecule has 1 fully saturated rings. The molecule has 1 unspecified atom stereocenters. The van der Waals surface area contributed by atoms with Crippen LogP contribution in [0, 0.1) is 6.92 Å². The van der Waals surface area contributed by atoms with E-state index in [9.17, 15) is 22.8 Å². The van der Waals surface area contributed by atoms with Gasteiger partial charge in [-0.15, -0.1) is 11.3 Å². The fraction of sp³-hybridized carbons (Fsp3) is 0.240. The standard InChI is InChI=1S/C25H25N3O5S2/c1-18-9-11-19(12-10-18)22(29)26-23(35(32,33)20-6-3-2-4-7-20)25(31)28-15-13-27(14-16-28)24(30)21-8-5-17-34-21/h2-12,17,23H,13-16H2,1H3,(H,26,29). The number of hydrogen-bond donors (Lipinski definition) is 1. The number of hydrogen-bond acceptors (Lipinski definition) is 6. The van der Waals surface area contributed by atoms with Gasteiger partial charge in [0.2, 0.25) is 15.2 Å². The summed E-state index contributed by atoms with van der Waals surface area (Å²) in [6, 6.07) is 17.8. The lowest BCUT2D eigenvalue weighted by Gasteiger charge is -2.36. The predicted molar refractivity (Wildman–Crippen MR) is 133 cm³/mol. The minimum atomic E-state index is -4.23. The maximum Gasteiger partial charge on any atom is 0.264 e. The Hall–Kier alpha value is -3.50. The second-order valence-corrected chi connectivity index (χ2v) is 11.2. The maximum absolute atomic E-state index is 13.5.